The molecule has 0 radical (unpaired) electrons. The molecule has 20 heavy (non-hydrogen) atoms. The number of hydrogen-bond acceptors (Lipinski definition) is 2. The first-order valence-electron chi connectivity index (χ1n) is 6.43. The zero-order valence-electron chi connectivity index (χ0n) is 11.3. The molecule has 0 saturated carbocycles. The van der Waals surface area contributed by atoms with Crippen molar-refractivity contribution in [2.45, 2.75) is 24.3 Å². The Labute approximate surface area is 134 Å². The van der Waals surface area contributed by atoms with Gasteiger partial charge in [-0.05, 0) is 54.8 Å². The summed E-state index contributed by atoms with van der Waals surface area (Å²) in [5.74, 6) is 0.853. The molecule has 0 spiro atoms. The van der Waals surface area contributed by atoms with Gasteiger partial charge in [-0.3, -0.25) is 0 Å². The van der Waals surface area contributed by atoms with Gasteiger partial charge < -0.3 is 5.73 Å². The van der Waals surface area contributed by atoms with Crippen LogP contribution in [0.15, 0.2) is 47.4 Å². The highest BCUT2D eigenvalue weighted by Gasteiger charge is 2.08. The average molecular weight is 326 g/mol. The van der Waals surface area contributed by atoms with Crippen molar-refractivity contribution in [3.05, 3.63) is 63.6 Å². The lowest BCUT2D eigenvalue weighted by Gasteiger charge is -2.13. The van der Waals surface area contributed by atoms with Crippen LogP contribution in [0.2, 0.25) is 10.0 Å². The lowest BCUT2D eigenvalue weighted by molar-refractivity contribution is 0.748. The molecule has 0 bridgehead atoms. The standard InChI is InChI=1S/C16H17Cl2NS/c1-11-2-3-12(16(18)8-11)9-14(19)10-20-15-6-4-13(17)5-7-15/h2-8,14H,9-10,19H2,1H3. The van der Waals surface area contributed by atoms with E-state index in [0.29, 0.717) is 0 Å². The number of hydrogen-bond donors (Lipinski definition) is 1. The van der Waals surface area contributed by atoms with Crippen LogP contribution in [0.5, 0.6) is 0 Å². The predicted molar refractivity (Wildman–Crippen MR) is 90.0 cm³/mol. The van der Waals surface area contributed by atoms with Crippen LogP contribution in [0.3, 0.4) is 0 Å². The van der Waals surface area contributed by atoms with Crippen LogP contribution in [0.25, 0.3) is 0 Å². The summed E-state index contributed by atoms with van der Waals surface area (Å²) in [6.07, 6.45) is 0.791. The van der Waals surface area contributed by atoms with Gasteiger partial charge in [-0.25, -0.2) is 0 Å². The fraction of sp³-hybridized carbons (Fsp3) is 0.250. The second-order valence-electron chi connectivity index (χ2n) is 4.82. The third-order valence-electron chi connectivity index (χ3n) is 2.97. The molecule has 0 heterocycles. The molecule has 0 saturated heterocycles. The van der Waals surface area contributed by atoms with Gasteiger partial charge in [0.1, 0.15) is 0 Å². The van der Waals surface area contributed by atoms with Crippen LogP contribution in [-0.4, -0.2) is 11.8 Å². The molecule has 2 rings (SSSR count). The maximum Gasteiger partial charge on any atom is 0.0441 e. The maximum absolute atomic E-state index is 6.23. The lowest BCUT2D eigenvalue weighted by Crippen LogP contribution is -2.25. The largest absolute Gasteiger partial charge is 0.327 e. The van der Waals surface area contributed by atoms with E-state index in [9.17, 15) is 0 Å². The molecule has 2 aromatic rings. The van der Waals surface area contributed by atoms with E-state index in [-0.39, 0.29) is 6.04 Å². The van der Waals surface area contributed by atoms with Gasteiger partial charge in [0.2, 0.25) is 0 Å². The highest BCUT2D eigenvalue weighted by atomic mass is 35.5. The van der Waals surface area contributed by atoms with Gasteiger partial charge in [-0.1, -0.05) is 35.3 Å². The van der Waals surface area contributed by atoms with Crippen LogP contribution < -0.4 is 5.73 Å². The zero-order valence-corrected chi connectivity index (χ0v) is 13.6. The molecule has 2 N–H and O–H groups in total. The van der Waals surface area contributed by atoms with Crippen LogP contribution in [0.4, 0.5) is 0 Å². The molecule has 1 nitrogen and oxygen atoms in total. The molecule has 2 aromatic carbocycles. The molecule has 4 heteroatoms. The molecule has 0 aliphatic heterocycles. The Morgan fingerprint density at radius 1 is 1.10 bits per heavy atom. The van der Waals surface area contributed by atoms with Crippen molar-refractivity contribution in [2.24, 2.45) is 5.73 Å². The van der Waals surface area contributed by atoms with Crippen molar-refractivity contribution in [3.8, 4) is 0 Å². The fourth-order valence-electron chi connectivity index (χ4n) is 1.89. The van der Waals surface area contributed by atoms with Gasteiger partial charge in [0.15, 0.2) is 0 Å². The Kier molecular flexibility index (Phi) is 5.79. The van der Waals surface area contributed by atoms with Crippen LogP contribution in [0, 0.1) is 6.92 Å². The zero-order chi connectivity index (χ0) is 14.5. The Hall–Kier alpha value is -0.670. The minimum atomic E-state index is 0.0795. The van der Waals surface area contributed by atoms with E-state index in [1.165, 1.54) is 10.5 Å². The first kappa shape index (κ1) is 15.7. The van der Waals surface area contributed by atoms with Gasteiger partial charge in [0.05, 0.1) is 0 Å². The number of benzene rings is 2. The number of thioether (sulfide) groups is 1. The molecule has 0 aliphatic carbocycles. The first-order chi connectivity index (χ1) is 9.54. The van der Waals surface area contributed by atoms with Crippen LogP contribution in [-0.2, 0) is 6.42 Å². The summed E-state index contributed by atoms with van der Waals surface area (Å²) in [7, 11) is 0. The molecule has 1 unspecified atom stereocenters. The molecule has 106 valence electrons. The molecular formula is C16H17Cl2NS. The number of aryl methyl sites for hydroxylation is 1. The molecule has 1 atom stereocenters. The Morgan fingerprint density at radius 3 is 2.45 bits per heavy atom. The van der Waals surface area contributed by atoms with Crippen molar-refractivity contribution in [1.29, 1.82) is 0 Å². The second kappa shape index (κ2) is 7.37. The Morgan fingerprint density at radius 2 is 1.80 bits per heavy atom. The summed E-state index contributed by atoms with van der Waals surface area (Å²) in [5, 5.41) is 1.56. The molecule has 0 amide bonds. The average Bonchev–Trinajstić information content (AvgIpc) is 2.41. The molecular weight excluding hydrogens is 309 g/mol. The smallest absolute Gasteiger partial charge is 0.0441 e. The Bertz CT molecular complexity index is 569. The first-order valence-corrected chi connectivity index (χ1v) is 8.18. The van der Waals surface area contributed by atoms with Crippen LogP contribution >= 0.6 is 35.0 Å². The van der Waals surface area contributed by atoms with Crippen molar-refractivity contribution in [3.63, 3.8) is 0 Å². The maximum atomic E-state index is 6.23. The summed E-state index contributed by atoms with van der Waals surface area (Å²) in [5.41, 5.74) is 8.47. The van der Waals surface area contributed by atoms with E-state index in [0.717, 1.165) is 27.8 Å². The van der Waals surface area contributed by atoms with E-state index < -0.39 is 0 Å². The van der Waals surface area contributed by atoms with E-state index in [4.69, 9.17) is 28.9 Å². The quantitative estimate of drug-likeness (QED) is 0.786. The summed E-state index contributed by atoms with van der Waals surface area (Å²) < 4.78 is 0. The van der Waals surface area contributed by atoms with E-state index >= 15 is 0 Å². The molecule has 0 aromatic heterocycles. The predicted octanol–water partition coefficient (Wildman–Crippen LogP) is 4.96. The van der Waals surface area contributed by atoms with Crippen molar-refractivity contribution < 1.29 is 0 Å². The molecule has 0 fully saturated rings. The second-order valence-corrected chi connectivity index (χ2v) is 6.76. The van der Waals surface area contributed by atoms with Crippen molar-refractivity contribution in [1.82, 2.24) is 0 Å². The van der Waals surface area contributed by atoms with E-state index in [1.54, 1.807) is 11.8 Å². The Balaban J connectivity index is 1.89. The lowest BCUT2D eigenvalue weighted by atomic mass is 10.1. The molecule has 0 aliphatic rings. The van der Waals surface area contributed by atoms with Crippen molar-refractivity contribution in [2.75, 3.05) is 5.75 Å². The minimum Gasteiger partial charge on any atom is -0.327 e. The van der Waals surface area contributed by atoms with Crippen molar-refractivity contribution >= 4 is 35.0 Å². The van der Waals surface area contributed by atoms with Gasteiger partial charge in [-0.2, -0.15) is 0 Å². The highest BCUT2D eigenvalue weighted by Crippen LogP contribution is 2.23. The normalized spacial score (nSPS) is 12.4. The fourth-order valence-corrected chi connectivity index (χ4v) is 3.18. The number of nitrogens with two attached hydrogens (primary N) is 1. The number of halogens is 2. The van der Waals surface area contributed by atoms with Crippen LogP contribution in [0.1, 0.15) is 11.1 Å². The topological polar surface area (TPSA) is 26.0 Å². The van der Waals surface area contributed by atoms with Gasteiger partial charge in [0, 0.05) is 26.7 Å². The monoisotopic (exact) mass is 325 g/mol. The summed E-state index contributed by atoms with van der Waals surface area (Å²) in [6, 6.07) is 14.0. The minimum absolute atomic E-state index is 0.0795. The SMILES string of the molecule is Cc1ccc(CC(N)CSc2ccc(Cl)cc2)c(Cl)c1. The van der Waals surface area contributed by atoms with E-state index in [2.05, 4.69) is 12.1 Å². The van der Waals surface area contributed by atoms with Gasteiger partial charge in [-0.15, -0.1) is 11.8 Å². The van der Waals surface area contributed by atoms with Gasteiger partial charge >= 0.3 is 0 Å². The summed E-state index contributed by atoms with van der Waals surface area (Å²) >= 11 is 13.8. The summed E-state index contributed by atoms with van der Waals surface area (Å²) in [4.78, 5) is 1.18. The third kappa shape index (κ3) is 4.71. The highest BCUT2D eigenvalue weighted by molar-refractivity contribution is 7.99. The van der Waals surface area contributed by atoms with Gasteiger partial charge in [0.25, 0.3) is 0 Å². The summed E-state index contributed by atoms with van der Waals surface area (Å²) in [6.45, 7) is 2.03. The van der Waals surface area contributed by atoms with E-state index in [1.807, 2.05) is 37.3 Å². The number of rotatable bonds is 5. The third-order valence-corrected chi connectivity index (χ3v) is 4.77.